The molecule has 20 heavy (non-hydrogen) atoms. The summed E-state index contributed by atoms with van der Waals surface area (Å²) in [6.07, 6.45) is 5.82. The predicted molar refractivity (Wildman–Crippen MR) is 70.1 cm³/mol. The molecule has 4 heterocycles. The first kappa shape index (κ1) is 11.7. The van der Waals surface area contributed by atoms with Gasteiger partial charge in [-0.25, -0.2) is 14.3 Å². The van der Waals surface area contributed by atoms with Gasteiger partial charge in [0.15, 0.2) is 5.65 Å². The zero-order chi connectivity index (χ0) is 13.7. The second kappa shape index (κ2) is 4.17. The van der Waals surface area contributed by atoms with E-state index >= 15 is 0 Å². The van der Waals surface area contributed by atoms with E-state index in [1.165, 1.54) is 10.7 Å². The van der Waals surface area contributed by atoms with Crippen LogP contribution in [-0.2, 0) is 4.74 Å². The minimum Gasteiger partial charge on any atom is -0.477 e. The molecular weight excluding hydrogens is 260 g/mol. The van der Waals surface area contributed by atoms with Crippen molar-refractivity contribution in [1.29, 1.82) is 0 Å². The lowest BCUT2D eigenvalue weighted by Crippen LogP contribution is -2.43. The van der Waals surface area contributed by atoms with Crippen LogP contribution >= 0.6 is 0 Å². The molecule has 7 heteroatoms. The molecule has 0 amide bonds. The van der Waals surface area contributed by atoms with Gasteiger partial charge in [0.1, 0.15) is 11.4 Å². The number of hydrogen-bond donors (Lipinski definition) is 1. The molecule has 2 aliphatic heterocycles. The maximum absolute atomic E-state index is 11.2. The van der Waals surface area contributed by atoms with E-state index in [2.05, 4.69) is 15.0 Å². The summed E-state index contributed by atoms with van der Waals surface area (Å²) in [6, 6.07) is 1.87. The lowest BCUT2D eigenvalue weighted by Gasteiger charge is -2.32. The summed E-state index contributed by atoms with van der Waals surface area (Å²) >= 11 is 0. The molecule has 0 aliphatic carbocycles. The normalized spacial score (nSPS) is 25.3. The minimum atomic E-state index is -1.01. The van der Waals surface area contributed by atoms with Gasteiger partial charge in [0.2, 0.25) is 0 Å². The Balaban J connectivity index is 1.73. The fourth-order valence-corrected chi connectivity index (χ4v) is 2.99. The SMILES string of the molecule is O=C(O)c1cnn2ccc(N3CC4CCC(C3)O4)nc12. The Morgan fingerprint density at radius 3 is 2.80 bits per heavy atom. The van der Waals surface area contributed by atoms with Gasteiger partial charge in [-0.15, -0.1) is 0 Å². The lowest BCUT2D eigenvalue weighted by molar-refractivity contribution is 0.0302. The van der Waals surface area contributed by atoms with Crippen molar-refractivity contribution in [3.05, 3.63) is 24.0 Å². The Labute approximate surface area is 114 Å². The van der Waals surface area contributed by atoms with Crippen molar-refractivity contribution in [1.82, 2.24) is 14.6 Å². The molecule has 2 bridgehead atoms. The number of fused-ring (bicyclic) bond motifs is 3. The van der Waals surface area contributed by atoms with Crippen LogP contribution in [0.25, 0.3) is 5.65 Å². The second-order valence-electron chi connectivity index (χ2n) is 5.28. The highest BCUT2D eigenvalue weighted by molar-refractivity contribution is 5.94. The topological polar surface area (TPSA) is 80.0 Å². The van der Waals surface area contributed by atoms with Crippen LogP contribution in [0.1, 0.15) is 23.2 Å². The lowest BCUT2D eigenvalue weighted by atomic mass is 10.2. The first-order valence-electron chi connectivity index (χ1n) is 6.69. The largest absolute Gasteiger partial charge is 0.477 e. The molecule has 0 saturated carbocycles. The van der Waals surface area contributed by atoms with Gasteiger partial charge in [-0.1, -0.05) is 0 Å². The molecule has 2 aromatic rings. The number of aromatic carboxylic acids is 1. The Bertz CT molecular complexity index is 671. The minimum absolute atomic E-state index is 0.128. The number of morpholine rings is 1. The summed E-state index contributed by atoms with van der Waals surface area (Å²) in [4.78, 5) is 17.8. The molecule has 2 unspecified atom stereocenters. The van der Waals surface area contributed by atoms with Crippen LogP contribution in [-0.4, -0.2) is 51.0 Å². The zero-order valence-corrected chi connectivity index (χ0v) is 10.8. The van der Waals surface area contributed by atoms with E-state index in [1.54, 1.807) is 6.20 Å². The molecule has 104 valence electrons. The van der Waals surface area contributed by atoms with Crippen LogP contribution in [0.4, 0.5) is 5.82 Å². The Morgan fingerprint density at radius 1 is 1.35 bits per heavy atom. The average Bonchev–Trinajstić information content (AvgIpc) is 3.01. The number of aromatic nitrogens is 3. The van der Waals surface area contributed by atoms with Crippen LogP contribution in [0.15, 0.2) is 18.5 Å². The van der Waals surface area contributed by atoms with Crippen molar-refractivity contribution in [2.75, 3.05) is 18.0 Å². The summed E-state index contributed by atoms with van der Waals surface area (Å²) < 4.78 is 7.29. The molecule has 2 fully saturated rings. The third kappa shape index (κ3) is 1.74. The smallest absolute Gasteiger partial charge is 0.341 e. The van der Waals surface area contributed by atoms with Crippen molar-refractivity contribution in [3.8, 4) is 0 Å². The first-order chi connectivity index (χ1) is 9.70. The average molecular weight is 274 g/mol. The van der Waals surface area contributed by atoms with Gasteiger partial charge < -0.3 is 14.7 Å². The standard InChI is InChI=1S/C13H14N4O3/c18-13(19)10-5-14-17-4-3-11(15-12(10)17)16-6-8-1-2-9(7-16)20-8/h3-5,8-9H,1-2,6-7H2,(H,18,19). The third-order valence-electron chi connectivity index (χ3n) is 3.95. The van der Waals surface area contributed by atoms with E-state index < -0.39 is 5.97 Å². The summed E-state index contributed by atoms with van der Waals surface area (Å²) in [5.74, 6) is -0.215. The van der Waals surface area contributed by atoms with Crippen molar-refractivity contribution < 1.29 is 14.6 Å². The Hall–Kier alpha value is -2.15. The Morgan fingerprint density at radius 2 is 2.10 bits per heavy atom. The fraction of sp³-hybridized carbons (Fsp3) is 0.462. The van der Waals surface area contributed by atoms with Gasteiger partial charge >= 0.3 is 5.97 Å². The van der Waals surface area contributed by atoms with E-state index in [4.69, 9.17) is 9.84 Å². The molecule has 2 aromatic heterocycles. The van der Waals surface area contributed by atoms with Gasteiger partial charge in [0, 0.05) is 19.3 Å². The van der Waals surface area contributed by atoms with Crippen LogP contribution in [0.3, 0.4) is 0 Å². The van der Waals surface area contributed by atoms with E-state index in [0.717, 1.165) is 31.7 Å². The molecule has 0 spiro atoms. The van der Waals surface area contributed by atoms with Gasteiger partial charge in [0.05, 0.1) is 18.4 Å². The molecule has 2 aliphatic rings. The first-order valence-corrected chi connectivity index (χ1v) is 6.69. The zero-order valence-electron chi connectivity index (χ0n) is 10.8. The van der Waals surface area contributed by atoms with E-state index in [-0.39, 0.29) is 17.8 Å². The number of carboxylic acids is 1. The highest BCUT2D eigenvalue weighted by atomic mass is 16.5. The van der Waals surface area contributed by atoms with Crippen LogP contribution in [0, 0.1) is 0 Å². The third-order valence-corrected chi connectivity index (χ3v) is 3.95. The fourth-order valence-electron chi connectivity index (χ4n) is 2.99. The van der Waals surface area contributed by atoms with E-state index in [0.29, 0.717) is 5.65 Å². The maximum atomic E-state index is 11.2. The van der Waals surface area contributed by atoms with Crippen LogP contribution < -0.4 is 4.90 Å². The number of hydrogen-bond acceptors (Lipinski definition) is 5. The van der Waals surface area contributed by atoms with Gasteiger partial charge in [0.25, 0.3) is 0 Å². The summed E-state index contributed by atoms with van der Waals surface area (Å²) in [5, 5.41) is 13.1. The van der Waals surface area contributed by atoms with Crippen LogP contribution in [0.2, 0.25) is 0 Å². The second-order valence-corrected chi connectivity index (χ2v) is 5.28. The number of nitrogens with zero attached hydrogens (tertiary/aromatic N) is 4. The predicted octanol–water partition coefficient (Wildman–Crippen LogP) is 0.795. The van der Waals surface area contributed by atoms with Gasteiger partial charge in [-0.05, 0) is 18.9 Å². The molecule has 0 aromatic carbocycles. The molecule has 1 N–H and O–H groups in total. The van der Waals surface area contributed by atoms with Crippen molar-refractivity contribution in [2.45, 2.75) is 25.0 Å². The highest BCUT2D eigenvalue weighted by Crippen LogP contribution is 2.29. The number of ether oxygens (including phenoxy) is 1. The van der Waals surface area contributed by atoms with Crippen molar-refractivity contribution in [2.24, 2.45) is 0 Å². The molecule has 2 atom stereocenters. The van der Waals surface area contributed by atoms with Gasteiger partial charge in [-0.3, -0.25) is 0 Å². The van der Waals surface area contributed by atoms with E-state index in [9.17, 15) is 4.79 Å². The maximum Gasteiger partial charge on any atom is 0.341 e. The number of anilines is 1. The molecular formula is C13H14N4O3. The molecule has 0 radical (unpaired) electrons. The monoisotopic (exact) mass is 274 g/mol. The molecule has 4 rings (SSSR count). The molecule has 2 saturated heterocycles. The Kier molecular flexibility index (Phi) is 2.43. The quantitative estimate of drug-likeness (QED) is 0.872. The number of carbonyl (C=O) groups is 1. The van der Waals surface area contributed by atoms with Gasteiger partial charge in [-0.2, -0.15) is 5.10 Å². The summed E-state index contributed by atoms with van der Waals surface area (Å²) in [7, 11) is 0. The van der Waals surface area contributed by atoms with E-state index in [1.807, 2.05) is 6.07 Å². The summed E-state index contributed by atoms with van der Waals surface area (Å²) in [5.41, 5.74) is 0.511. The van der Waals surface area contributed by atoms with Crippen molar-refractivity contribution in [3.63, 3.8) is 0 Å². The summed E-state index contributed by atoms with van der Waals surface area (Å²) in [6.45, 7) is 1.63. The van der Waals surface area contributed by atoms with Crippen LogP contribution in [0.5, 0.6) is 0 Å². The molecule has 7 nitrogen and oxygen atoms in total. The highest BCUT2D eigenvalue weighted by Gasteiger charge is 2.34. The number of carboxylic acid groups (broad SMARTS) is 1. The van der Waals surface area contributed by atoms with Crippen molar-refractivity contribution >= 4 is 17.4 Å². The number of rotatable bonds is 2.